The standard InChI is InChI=1S/C25H22BrNO3S/c1-17(28)27(19-8-10-20(11-9-19)30-15-14-26)24-22-13-12-21(29-2)16-23(22)31-25(24)18-6-4-3-5-7-18/h3-13,16H,14-15H2,1-2H3. The number of ether oxygens (including phenoxy) is 2. The highest BCUT2D eigenvalue weighted by Gasteiger charge is 2.24. The van der Waals surface area contributed by atoms with Gasteiger partial charge in [0.2, 0.25) is 5.91 Å². The molecule has 0 bridgehead atoms. The van der Waals surface area contributed by atoms with Crippen molar-refractivity contribution < 1.29 is 14.3 Å². The fourth-order valence-corrected chi connectivity index (χ4v) is 4.90. The van der Waals surface area contributed by atoms with Gasteiger partial charge in [-0.15, -0.1) is 11.3 Å². The van der Waals surface area contributed by atoms with Crippen LogP contribution in [0.5, 0.6) is 11.5 Å². The lowest BCUT2D eigenvalue weighted by molar-refractivity contribution is -0.115. The van der Waals surface area contributed by atoms with Crippen molar-refractivity contribution >= 4 is 54.6 Å². The molecule has 1 aromatic heterocycles. The third-order valence-corrected chi connectivity index (χ3v) is 6.40. The van der Waals surface area contributed by atoms with E-state index in [0.29, 0.717) is 6.61 Å². The van der Waals surface area contributed by atoms with Gasteiger partial charge in [-0.05, 0) is 48.0 Å². The molecule has 0 saturated carbocycles. The number of hydrogen-bond acceptors (Lipinski definition) is 4. The van der Waals surface area contributed by atoms with Crippen LogP contribution in [0.15, 0.2) is 72.8 Å². The summed E-state index contributed by atoms with van der Waals surface area (Å²) >= 11 is 5.02. The molecule has 0 aliphatic rings. The average molecular weight is 496 g/mol. The van der Waals surface area contributed by atoms with Gasteiger partial charge in [-0.2, -0.15) is 0 Å². The van der Waals surface area contributed by atoms with Crippen molar-refractivity contribution in [3.05, 3.63) is 72.8 Å². The zero-order valence-electron chi connectivity index (χ0n) is 17.3. The molecular weight excluding hydrogens is 474 g/mol. The summed E-state index contributed by atoms with van der Waals surface area (Å²) in [6, 6.07) is 23.8. The molecule has 0 fully saturated rings. The number of fused-ring (bicyclic) bond motifs is 1. The van der Waals surface area contributed by atoms with E-state index in [0.717, 1.165) is 48.7 Å². The molecule has 0 N–H and O–H groups in total. The van der Waals surface area contributed by atoms with Crippen LogP contribution in [-0.4, -0.2) is 25.0 Å². The zero-order chi connectivity index (χ0) is 21.8. The summed E-state index contributed by atoms with van der Waals surface area (Å²) in [5.41, 5.74) is 2.75. The number of hydrogen-bond donors (Lipinski definition) is 0. The van der Waals surface area contributed by atoms with Crippen LogP contribution in [0.2, 0.25) is 0 Å². The SMILES string of the molecule is COc1ccc2c(N(C(C)=O)c3ccc(OCCBr)cc3)c(-c3ccccc3)sc2c1. The van der Waals surface area contributed by atoms with E-state index in [9.17, 15) is 4.79 Å². The molecule has 158 valence electrons. The number of rotatable bonds is 7. The van der Waals surface area contributed by atoms with Crippen LogP contribution in [0.1, 0.15) is 6.92 Å². The van der Waals surface area contributed by atoms with Crippen molar-refractivity contribution in [2.45, 2.75) is 6.92 Å². The summed E-state index contributed by atoms with van der Waals surface area (Å²) in [7, 11) is 1.66. The molecule has 0 aliphatic heterocycles. The van der Waals surface area contributed by atoms with Gasteiger partial charge in [0.1, 0.15) is 11.5 Å². The first-order valence-electron chi connectivity index (χ1n) is 9.88. The molecule has 0 atom stereocenters. The summed E-state index contributed by atoms with van der Waals surface area (Å²) in [5.74, 6) is 1.51. The summed E-state index contributed by atoms with van der Waals surface area (Å²) in [4.78, 5) is 15.7. The number of carbonyl (C=O) groups excluding carboxylic acids is 1. The van der Waals surface area contributed by atoms with Crippen LogP contribution in [0, 0.1) is 0 Å². The monoisotopic (exact) mass is 495 g/mol. The Labute approximate surface area is 194 Å². The molecule has 0 aliphatic carbocycles. The Morgan fingerprint density at radius 2 is 1.71 bits per heavy atom. The molecule has 4 rings (SSSR count). The van der Waals surface area contributed by atoms with Crippen molar-refractivity contribution in [1.82, 2.24) is 0 Å². The summed E-state index contributed by atoms with van der Waals surface area (Å²) in [5, 5.41) is 1.78. The van der Waals surface area contributed by atoms with Gasteiger partial charge in [-0.25, -0.2) is 0 Å². The van der Waals surface area contributed by atoms with E-state index >= 15 is 0 Å². The second-order valence-electron chi connectivity index (χ2n) is 6.89. The molecule has 1 heterocycles. The van der Waals surface area contributed by atoms with Crippen molar-refractivity contribution in [3.8, 4) is 21.9 Å². The summed E-state index contributed by atoms with van der Waals surface area (Å²) < 4.78 is 12.2. The van der Waals surface area contributed by atoms with E-state index < -0.39 is 0 Å². The second-order valence-corrected chi connectivity index (χ2v) is 8.74. The van der Waals surface area contributed by atoms with Gasteiger partial charge in [-0.1, -0.05) is 46.3 Å². The average Bonchev–Trinajstić information content (AvgIpc) is 3.17. The second kappa shape index (κ2) is 9.54. The Balaban J connectivity index is 1.89. The van der Waals surface area contributed by atoms with E-state index in [1.165, 1.54) is 0 Å². The van der Waals surface area contributed by atoms with Gasteiger partial charge < -0.3 is 9.47 Å². The van der Waals surface area contributed by atoms with Crippen molar-refractivity contribution in [1.29, 1.82) is 0 Å². The molecule has 4 nitrogen and oxygen atoms in total. The molecule has 0 unspecified atom stereocenters. The molecule has 4 aromatic rings. The van der Waals surface area contributed by atoms with E-state index in [1.54, 1.807) is 30.3 Å². The summed E-state index contributed by atoms with van der Waals surface area (Å²) in [6.45, 7) is 2.18. The predicted molar refractivity (Wildman–Crippen MR) is 132 cm³/mol. The minimum absolute atomic E-state index is 0.0539. The quantitative estimate of drug-likeness (QED) is 0.258. The number of benzene rings is 3. The van der Waals surface area contributed by atoms with Crippen LogP contribution >= 0.6 is 27.3 Å². The van der Waals surface area contributed by atoms with E-state index in [4.69, 9.17) is 9.47 Å². The lowest BCUT2D eigenvalue weighted by Crippen LogP contribution is -2.23. The molecule has 0 radical (unpaired) electrons. The molecule has 31 heavy (non-hydrogen) atoms. The minimum Gasteiger partial charge on any atom is -0.497 e. The maximum absolute atomic E-state index is 12.9. The fourth-order valence-electron chi connectivity index (χ4n) is 3.51. The van der Waals surface area contributed by atoms with Crippen molar-refractivity contribution in [2.75, 3.05) is 23.9 Å². The third-order valence-electron chi connectivity index (χ3n) is 4.89. The lowest BCUT2D eigenvalue weighted by atomic mass is 10.1. The minimum atomic E-state index is -0.0539. The maximum atomic E-state index is 12.9. The van der Waals surface area contributed by atoms with Crippen LogP contribution in [0.4, 0.5) is 11.4 Å². The van der Waals surface area contributed by atoms with Crippen molar-refractivity contribution in [3.63, 3.8) is 0 Å². The highest BCUT2D eigenvalue weighted by molar-refractivity contribution is 9.09. The Kier molecular flexibility index (Phi) is 6.59. The van der Waals surface area contributed by atoms with E-state index in [2.05, 4.69) is 28.1 Å². The molecule has 3 aromatic carbocycles. The number of halogens is 1. The smallest absolute Gasteiger partial charge is 0.228 e. The topological polar surface area (TPSA) is 38.8 Å². The number of nitrogens with zero attached hydrogens (tertiary/aromatic N) is 1. The summed E-state index contributed by atoms with van der Waals surface area (Å²) in [6.07, 6.45) is 0. The van der Waals surface area contributed by atoms with E-state index in [-0.39, 0.29) is 5.91 Å². The van der Waals surface area contributed by atoms with Gasteiger partial charge in [-0.3, -0.25) is 9.69 Å². The Bertz CT molecular complexity index is 1190. The Hall–Kier alpha value is -2.83. The Morgan fingerprint density at radius 1 is 1.00 bits per heavy atom. The number of anilines is 2. The Morgan fingerprint density at radius 3 is 2.35 bits per heavy atom. The fraction of sp³-hybridized carbons (Fsp3) is 0.160. The normalized spacial score (nSPS) is 10.8. The molecule has 0 spiro atoms. The molecule has 1 amide bonds. The maximum Gasteiger partial charge on any atom is 0.228 e. The van der Waals surface area contributed by atoms with Crippen LogP contribution in [-0.2, 0) is 4.79 Å². The number of methoxy groups -OCH3 is 1. The molecule has 0 saturated heterocycles. The highest BCUT2D eigenvalue weighted by atomic mass is 79.9. The van der Waals surface area contributed by atoms with E-state index in [1.807, 2.05) is 60.7 Å². The van der Waals surface area contributed by atoms with Gasteiger partial charge in [0.05, 0.1) is 24.3 Å². The molecule has 6 heteroatoms. The lowest BCUT2D eigenvalue weighted by Gasteiger charge is -2.23. The number of thiophene rings is 1. The third kappa shape index (κ3) is 4.45. The largest absolute Gasteiger partial charge is 0.497 e. The first-order valence-corrected chi connectivity index (χ1v) is 11.8. The highest BCUT2D eigenvalue weighted by Crippen LogP contribution is 2.48. The predicted octanol–water partition coefficient (Wildman–Crippen LogP) is 7.04. The van der Waals surface area contributed by atoms with Gasteiger partial charge in [0.25, 0.3) is 0 Å². The van der Waals surface area contributed by atoms with Crippen molar-refractivity contribution in [2.24, 2.45) is 0 Å². The number of alkyl halides is 1. The van der Waals surface area contributed by atoms with Crippen LogP contribution in [0.3, 0.4) is 0 Å². The van der Waals surface area contributed by atoms with Crippen LogP contribution in [0.25, 0.3) is 20.5 Å². The zero-order valence-corrected chi connectivity index (χ0v) is 19.7. The number of carbonyl (C=O) groups is 1. The molecular formula is C25H22BrNO3S. The van der Waals surface area contributed by atoms with Gasteiger partial charge in [0, 0.05) is 28.0 Å². The van der Waals surface area contributed by atoms with Gasteiger partial charge >= 0.3 is 0 Å². The van der Waals surface area contributed by atoms with Crippen LogP contribution < -0.4 is 14.4 Å². The number of amides is 1. The first-order chi connectivity index (χ1) is 15.1. The first kappa shape index (κ1) is 21.4. The van der Waals surface area contributed by atoms with Gasteiger partial charge in [0.15, 0.2) is 0 Å².